The highest BCUT2D eigenvalue weighted by molar-refractivity contribution is 6.33. The van der Waals surface area contributed by atoms with Gasteiger partial charge in [0, 0.05) is 42.3 Å². The molecule has 0 unspecified atom stereocenters. The van der Waals surface area contributed by atoms with Crippen LogP contribution in [0.3, 0.4) is 0 Å². The molecule has 20 heavy (non-hydrogen) atoms. The minimum Gasteiger partial charge on any atom is -0.314 e. The molecule has 1 atom stereocenters. The number of hydrogen-bond donors (Lipinski definition) is 1. The summed E-state index contributed by atoms with van der Waals surface area (Å²) < 4.78 is 0. The Hall–Kier alpha value is 0.300. The maximum Gasteiger partial charge on any atom is 0.0455 e. The molecule has 1 N–H and O–H groups in total. The van der Waals surface area contributed by atoms with Crippen molar-refractivity contribution < 1.29 is 0 Å². The van der Waals surface area contributed by atoms with E-state index in [0.717, 1.165) is 42.1 Å². The Morgan fingerprint density at radius 2 is 1.75 bits per heavy atom. The van der Waals surface area contributed by atoms with Gasteiger partial charge in [-0.25, -0.2) is 0 Å². The monoisotopic (exact) mass is 356 g/mol. The third-order valence-corrected chi connectivity index (χ3v) is 4.47. The Morgan fingerprint density at radius 3 is 2.35 bits per heavy atom. The van der Waals surface area contributed by atoms with E-state index >= 15 is 0 Å². The van der Waals surface area contributed by atoms with Crippen molar-refractivity contribution in [2.45, 2.75) is 18.9 Å². The molecule has 1 heterocycles. The van der Waals surface area contributed by atoms with Gasteiger partial charge < -0.3 is 5.32 Å². The molecule has 0 radical (unpaired) electrons. The molecular weight excluding hydrogens is 338 g/mol. The highest BCUT2D eigenvalue weighted by atomic mass is 35.5. The summed E-state index contributed by atoms with van der Waals surface area (Å²) >= 11 is 12.5. The average molecular weight is 358 g/mol. The van der Waals surface area contributed by atoms with Crippen molar-refractivity contribution >= 4 is 48.0 Å². The van der Waals surface area contributed by atoms with Crippen molar-refractivity contribution in [2.24, 2.45) is 5.92 Å². The lowest BCUT2D eigenvalue weighted by molar-refractivity contribution is 0.156. The second kappa shape index (κ2) is 8.07. The van der Waals surface area contributed by atoms with E-state index in [0.29, 0.717) is 6.04 Å². The van der Waals surface area contributed by atoms with Gasteiger partial charge in [0.15, 0.2) is 0 Å². The van der Waals surface area contributed by atoms with Crippen LogP contribution >= 0.6 is 48.0 Å². The van der Waals surface area contributed by atoms with E-state index < -0.39 is 0 Å². The van der Waals surface area contributed by atoms with Gasteiger partial charge in [-0.05, 0) is 42.5 Å². The fraction of sp³-hybridized carbons (Fsp3) is 0.571. The van der Waals surface area contributed by atoms with Crippen LogP contribution < -0.4 is 5.32 Å². The molecule has 0 amide bonds. The van der Waals surface area contributed by atoms with Gasteiger partial charge >= 0.3 is 0 Å². The zero-order valence-corrected chi connectivity index (χ0v) is 14.3. The van der Waals surface area contributed by atoms with E-state index in [2.05, 4.69) is 16.3 Å². The number of rotatable bonds is 3. The molecule has 0 aromatic heterocycles. The Bertz CT molecular complexity index is 431. The molecule has 1 saturated carbocycles. The van der Waals surface area contributed by atoms with Gasteiger partial charge in [0.2, 0.25) is 0 Å². The summed E-state index contributed by atoms with van der Waals surface area (Å²) in [5.74, 6) is 0.763. The van der Waals surface area contributed by atoms with E-state index in [1.54, 1.807) is 0 Å². The zero-order chi connectivity index (χ0) is 12.5. The highest BCUT2D eigenvalue weighted by Gasteiger charge is 2.37. The third kappa shape index (κ3) is 4.16. The van der Waals surface area contributed by atoms with Gasteiger partial charge in [0.05, 0.1) is 0 Å². The summed E-state index contributed by atoms with van der Waals surface area (Å²) in [7, 11) is 0. The molecule has 114 valence electrons. The van der Waals surface area contributed by atoms with Crippen LogP contribution in [0.2, 0.25) is 10.0 Å². The van der Waals surface area contributed by atoms with Crippen molar-refractivity contribution in [3.05, 3.63) is 33.8 Å². The van der Waals surface area contributed by atoms with Crippen molar-refractivity contribution in [2.75, 3.05) is 26.2 Å². The second-order valence-corrected chi connectivity index (χ2v) is 6.08. The molecule has 2 aliphatic rings. The highest BCUT2D eigenvalue weighted by Crippen LogP contribution is 2.46. The minimum atomic E-state index is 0. The summed E-state index contributed by atoms with van der Waals surface area (Å²) in [5, 5.41) is 5.05. The Labute approximate surface area is 143 Å². The van der Waals surface area contributed by atoms with Crippen molar-refractivity contribution in [1.29, 1.82) is 0 Å². The predicted molar refractivity (Wildman–Crippen MR) is 90.9 cm³/mol. The fourth-order valence-electron chi connectivity index (χ4n) is 2.86. The smallest absolute Gasteiger partial charge is 0.0455 e. The first-order chi connectivity index (χ1) is 8.75. The average Bonchev–Trinajstić information content (AvgIpc) is 3.20. The molecule has 1 aliphatic carbocycles. The number of nitrogens with one attached hydrogen (secondary N) is 1. The molecule has 6 heteroatoms. The lowest BCUT2D eigenvalue weighted by Crippen LogP contribution is -2.45. The minimum absolute atomic E-state index is 0. The summed E-state index contributed by atoms with van der Waals surface area (Å²) in [6.45, 7) is 4.34. The van der Waals surface area contributed by atoms with E-state index in [1.165, 1.54) is 18.4 Å². The molecule has 1 saturated heterocycles. The molecule has 3 rings (SSSR count). The van der Waals surface area contributed by atoms with Gasteiger partial charge in [-0.2, -0.15) is 0 Å². The maximum atomic E-state index is 6.38. The van der Waals surface area contributed by atoms with E-state index in [4.69, 9.17) is 23.2 Å². The van der Waals surface area contributed by atoms with E-state index in [9.17, 15) is 0 Å². The first kappa shape index (κ1) is 18.3. The van der Waals surface area contributed by atoms with E-state index in [1.807, 2.05) is 12.1 Å². The molecule has 0 spiro atoms. The molecule has 2 fully saturated rings. The van der Waals surface area contributed by atoms with Crippen LogP contribution in [0.1, 0.15) is 24.4 Å². The number of benzene rings is 1. The molecule has 1 aromatic carbocycles. The molecule has 2 nitrogen and oxygen atoms in total. The van der Waals surface area contributed by atoms with Crippen LogP contribution in [0.15, 0.2) is 18.2 Å². The van der Waals surface area contributed by atoms with Crippen LogP contribution in [-0.4, -0.2) is 31.1 Å². The number of hydrogen-bond acceptors (Lipinski definition) is 2. The summed E-state index contributed by atoms with van der Waals surface area (Å²) in [6.07, 6.45) is 2.63. The van der Waals surface area contributed by atoms with Gasteiger partial charge in [-0.3, -0.25) is 4.90 Å². The lowest BCUT2D eigenvalue weighted by Gasteiger charge is -2.36. The number of piperazine rings is 1. The topological polar surface area (TPSA) is 15.3 Å². The lowest BCUT2D eigenvalue weighted by atomic mass is 9.99. The van der Waals surface area contributed by atoms with Crippen molar-refractivity contribution in [3.63, 3.8) is 0 Å². The third-order valence-electron chi connectivity index (χ3n) is 3.89. The van der Waals surface area contributed by atoms with Crippen LogP contribution in [0, 0.1) is 5.92 Å². The molecular formula is C14H20Cl4N2. The molecule has 1 aromatic rings. The standard InChI is InChI=1S/C14H18Cl2N2.2ClH/c15-11-3-4-13(16)12(9-11)14(10-1-2-10)18-7-5-17-6-8-18;;/h3-4,9-10,14,17H,1-2,5-8H2;2*1H/t14-;;/m1../s1. The fourth-order valence-corrected chi connectivity index (χ4v) is 3.27. The van der Waals surface area contributed by atoms with Gasteiger partial charge in [-0.15, -0.1) is 24.8 Å². The summed E-state index contributed by atoms with van der Waals surface area (Å²) in [5.41, 5.74) is 1.22. The van der Waals surface area contributed by atoms with Crippen LogP contribution in [-0.2, 0) is 0 Å². The Morgan fingerprint density at radius 1 is 1.10 bits per heavy atom. The number of halogens is 4. The first-order valence-electron chi connectivity index (χ1n) is 6.65. The van der Waals surface area contributed by atoms with Crippen molar-refractivity contribution in [1.82, 2.24) is 10.2 Å². The van der Waals surface area contributed by atoms with Gasteiger partial charge in [0.25, 0.3) is 0 Å². The summed E-state index contributed by atoms with van der Waals surface area (Å²) in [4.78, 5) is 2.56. The Balaban J connectivity index is 0.000001000. The number of nitrogens with zero attached hydrogens (tertiary/aromatic N) is 1. The van der Waals surface area contributed by atoms with E-state index in [-0.39, 0.29) is 24.8 Å². The predicted octanol–water partition coefficient (Wildman–Crippen LogP) is 4.19. The van der Waals surface area contributed by atoms with Gasteiger partial charge in [-0.1, -0.05) is 23.2 Å². The quantitative estimate of drug-likeness (QED) is 0.872. The zero-order valence-electron chi connectivity index (χ0n) is 11.1. The second-order valence-electron chi connectivity index (χ2n) is 5.23. The normalized spacial score (nSPS) is 20.7. The van der Waals surface area contributed by atoms with Crippen LogP contribution in [0.5, 0.6) is 0 Å². The molecule has 0 bridgehead atoms. The van der Waals surface area contributed by atoms with Crippen molar-refractivity contribution in [3.8, 4) is 0 Å². The first-order valence-corrected chi connectivity index (χ1v) is 7.41. The van der Waals surface area contributed by atoms with Crippen LogP contribution in [0.4, 0.5) is 0 Å². The maximum absolute atomic E-state index is 6.38. The SMILES string of the molecule is Cl.Cl.Clc1ccc(Cl)c([C@@H](C2CC2)N2CCNCC2)c1. The largest absolute Gasteiger partial charge is 0.314 e. The molecule has 1 aliphatic heterocycles. The van der Waals surface area contributed by atoms with Crippen LogP contribution in [0.25, 0.3) is 0 Å². The summed E-state index contributed by atoms with van der Waals surface area (Å²) in [6, 6.07) is 6.30. The van der Waals surface area contributed by atoms with Gasteiger partial charge in [0.1, 0.15) is 0 Å². The Kier molecular flexibility index (Phi) is 7.40.